The van der Waals surface area contributed by atoms with Gasteiger partial charge in [-0.25, -0.2) is 0 Å². The van der Waals surface area contributed by atoms with Crippen molar-refractivity contribution in [3.05, 3.63) is 0 Å². The summed E-state index contributed by atoms with van der Waals surface area (Å²) >= 11 is 0. The molecule has 12 heavy (non-hydrogen) atoms. The van der Waals surface area contributed by atoms with E-state index in [0.717, 1.165) is 13.0 Å². The molecule has 0 amide bonds. The fourth-order valence-electron chi connectivity index (χ4n) is 1.61. The fourth-order valence-corrected chi connectivity index (χ4v) is 1.61. The second-order valence-corrected chi connectivity index (χ2v) is 4.72. The first kappa shape index (κ1) is 10.0. The van der Waals surface area contributed by atoms with Gasteiger partial charge in [0.15, 0.2) is 0 Å². The van der Waals surface area contributed by atoms with Crippen molar-refractivity contribution in [3.63, 3.8) is 0 Å². The molecule has 0 bridgehead atoms. The Hall–Kier alpha value is -0.0800. The lowest BCUT2D eigenvalue weighted by Crippen LogP contribution is -2.35. The van der Waals surface area contributed by atoms with Gasteiger partial charge in [0, 0.05) is 0 Å². The maximum Gasteiger partial charge on any atom is 0.0860 e. The molecule has 1 N–H and O–H groups in total. The minimum Gasteiger partial charge on any atom is -0.388 e. The van der Waals surface area contributed by atoms with Crippen molar-refractivity contribution in [2.24, 2.45) is 11.8 Å². The van der Waals surface area contributed by atoms with E-state index in [1.807, 2.05) is 13.8 Å². The Labute approximate surface area is 74.9 Å². The minimum atomic E-state index is -0.677. The molecular weight excluding hydrogens is 152 g/mol. The Morgan fingerprint density at radius 1 is 1.42 bits per heavy atom. The normalized spacial score (nSPS) is 31.5. The lowest BCUT2D eigenvalue weighted by molar-refractivity contribution is -0.0601. The van der Waals surface area contributed by atoms with Gasteiger partial charge in [0.1, 0.15) is 0 Å². The minimum absolute atomic E-state index is 0.0323. The van der Waals surface area contributed by atoms with Crippen molar-refractivity contribution in [2.75, 3.05) is 6.61 Å². The quantitative estimate of drug-likeness (QED) is 0.688. The van der Waals surface area contributed by atoms with E-state index in [1.165, 1.54) is 0 Å². The monoisotopic (exact) mass is 172 g/mol. The highest BCUT2D eigenvalue weighted by molar-refractivity contribution is 4.86. The van der Waals surface area contributed by atoms with Crippen molar-refractivity contribution < 1.29 is 9.84 Å². The maximum atomic E-state index is 9.69. The second-order valence-electron chi connectivity index (χ2n) is 4.72. The molecule has 0 aromatic rings. The zero-order chi connectivity index (χ0) is 9.35. The molecule has 0 spiro atoms. The van der Waals surface area contributed by atoms with Crippen molar-refractivity contribution >= 4 is 0 Å². The van der Waals surface area contributed by atoms with Gasteiger partial charge in [-0.2, -0.15) is 0 Å². The third-order valence-corrected chi connectivity index (χ3v) is 2.76. The van der Waals surface area contributed by atoms with E-state index in [-0.39, 0.29) is 6.10 Å². The van der Waals surface area contributed by atoms with Crippen LogP contribution in [-0.4, -0.2) is 23.4 Å². The predicted molar refractivity (Wildman–Crippen MR) is 49.0 cm³/mol. The molecular formula is C10H20O2. The maximum absolute atomic E-state index is 9.69. The molecule has 72 valence electrons. The highest BCUT2D eigenvalue weighted by Crippen LogP contribution is 2.31. The third-order valence-electron chi connectivity index (χ3n) is 2.76. The molecule has 0 aromatic carbocycles. The van der Waals surface area contributed by atoms with E-state index in [1.54, 1.807) is 0 Å². The summed E-state index contributed by atoms with van der Waals surface area (Å²) in [5, 5.41) is 9.69. The van der Waals surface area contributed by atoms with Crippen molar-refractivity contribution in [1.82, 2.24) is 0 Å². The van der Waals surface area contributed by atoms with Crippen LogP contribution in [0.4, 0.5) is 0 Å². The lowest BCUT2D eigenvalue weighted by atomic mass is 9.89. The van der Waals surface area contributed by atoms with Gasteiger partial charge in [0.25, 0.3) is 0 Å². The fraction of sp³-hybridized carbons (Fsp3) is 1.00. The Kier molecular flexibility index (Phi) is 2.79. The summed E-state index contributed by atoms with van der Waals surface area (Å²) < 4.78 is 5.54. The van der Waals surface area contributed by atoms with Gasteiger partial charge in [-0.3, -0.25) is 0 Å². The van der Waals surface area contributed by atoms with Crippen LogP contribution in [-0.2, 0) is 4.74 Å². The van der Waals surface area contributed by atoms with Crippen LogP contribution >= 0.6 is 0 Å². The van der Waals surface area contributed by atoms with Crippen LogP contribution < -0.4 is 0 Å². The molecule has 0 radical (unpaired) electrons. The number of hydrogen-bond donors (Lipinski definition) is 1. The Bertz CT molecular complexity index is 146. The molecule has 2 atom stereocenters. The summed E-state index contributed by atoms with van der Waals surface area (Å²) in [5.41, 5.74) is -0.677. The molecule has 0 aliphatic carbocycles. The van der Waals surface area contributed by atoms with Gasteiger partial charge >= 0.3 is 0 Å². The van der Waals surface area contributed by atoms with Gasteiger partial charge in [0.2, 0.25) is 0 Å². The van der Waals surface area contributed by atoms with Gasteiger partial charge in [-0.05, 0) is 32.1 Å². The van der Waals surface area contributed by atoms with Crippen molar-refractivity contribution in [2.45, 2.75) is 45.8 Å². The van der Waals surface area contributed by atoms with Gasteiger partial charge in [-0.1, -0.05) is 13.8 Å². The molecule has 1 rings (SSSR count). The number of hydrogen-bond acceptors (Lipinski definition) is 2. The molecule has 1 fully saturated rings. The second kappa shape index (κ2) is 3.35. The molecule has 1 aliphatic rings. The van der Waals surface area contributed by atoms with Crippen LogP contribution in [0.5, 0.6) is 0 Å². The van der Waals surface area contributed by atoms with E-state index >= 15 is 0 Å². The molecule has 2 heteroatoms. The molecule has 1 saturated heterocycles. The first-order valence-corrected chi connectivity index (χ1v) is 4.75. The standard InChI is InChI=1S/C10H20O2/c1-7(2)8-5-9(12-6-8)10(3,4)11/h7-9,11H,5-6H2,1-4H3. The van der Waals surface area contributed by atoms with E-state index < -0.39 is 5.60 Å². The van der Waals surface area contributed by atoms with Crippen LogP contribution in [0.25, 0.3) is 0 Å². The van der Waals surface area contributed by atoms with Crippen LogP contribution in [0.2, 0.25) is 0 Å². The van der Waals surface area contributed by atoms with Crippen LogP contribution in [0.3, 0.4) is 0 Å². The highest BCUT2D eigenvalue weighted by Gasteiger charge is 2.36. The topological polar surface area (TPSA) is 29.5 Å². The molecule has 1 aliphatic heterocycles. The zero-order valence-electron chi connectivity index (χ0n) is 8.50. The molecule has 2 unspecified atom stereocenters. The first-order chi connectivity index (χ1) is 5.41. The number of aliphatic hydroxyl groups is 1. The Balaban J connectivity index is 2.46. The molecule has 0 saturated carbocycles. The predicted octanol–water partition coefficient (Wildman–Crippen LogP) is 1.82. The van der Waals surface area contributed by atoms with Crippen molar-refractivity contribution in [1.29, 1.82) is 0 Å². The van der Waals surface area contributed by atoms with Crippen LogP contribution in [0.15, 0.2) is 0 Å². The summed E-state index contributed by atoms with van der Waals surface area (Å²) in [6, 6.07) is 0. The third kappa shape index (κ3) is 2.20. The van der Waals surface area contributed by atoms with Crippen LogP contribution in [0, 0.1) is 11.8 Å². The molecule has 2 nitrogen and oxygen atoms in total. The summed E-state index contributed by atoms with van der Waals surface area (Å²) in [5.74, 6) is 1.29. The average molecular weight is 172 g/mol. The van der Waals surface area contributed by atoms with Crippen LogP contribution in [0.1, 0.15) is 34.1 Å². The SMILES string of the molecule is CC(C)C1COC(C(C)(C)O)C1. The lowest BCUT2D eigenvalue weighted by Gasteiger charge is -2.24. The summed E-state index contributed by atoms with van der Waals surface area (Å²) in [6.07, 6.45) is 1.03. The summed E-state index contributed by atoms with van der Waals surface area (Å²) in [4.78, 5) is 0. The van der Waals surface area contributed by atoms with E-state index in [0.29, 0.717) is 11.8 Å². The summed E-state index contributed by atoms with van der Waals surface area (Å²) in [6.45, 7) is 8.87. The van der Waals surface area contributed by atoms with Gasteiger partial charge in [0.05, 0.1) is 18.3 Å². The van der Waals surface area contributed by atoms with Gasteiger partial charge in [-0.15, -0.1) is 0 Å². The Morgan fingerprint density at radius 3 is 2.25 bits per heavy atom. The smallest absolute Gasteiger partial charge is 0.0860 e. The number of rotatable bonds is 2. The average Bonchev–Trinajstić information content (AvgIpc) is 2.30. The van der Waals surface area contributed by atoms with E-state index in [2.05, 4.69) is 13.8 Å². The Morgan fingerprint density at radius 2 is 2.00 bits per heavy atom. The number of ether oxygens (including phenoxy) is 1. The molecule has 0 aromatic heterocycles. The van der Waals surface area contributed by atoms with E-state index in [9.17, 15) is 5.11 Å². The zero-order valence-corrected chi connectivity index (χ0v) is 8.50. The van der Waals surface area contributed by atoms with E-state index in [4.69, 9.17) is 4.74 Å². The summed E-state index contributed by atoms with van der Waals surface area (Å²) in [7, 11) is 0. The van der Waals surface area contributed by atoms with Gasteiger partial charge < -0.3 is 9.84 Å². The molecule has 1 heterocycles. The largest absolute Gasteiger partial charge is 0.388 e. The first-order valence-electron chi connectivity index (χ1n) is 4.75. The highest BCUT2D eigenvalue weighted by atomic mass is 16.5. The van der Waals surface area contributed by atoms with Crippen molar-refractivity contribution in [3.8, 4) is 0 Å².